The van der Waals surface area contributed by atoms with Crippen LogP contribution in [0.5, 0.6) is 0 Å². The first-order valence-corrected chi connectivity index (χ1v) is 5.67. The zero-order valence-electron chi connectivity index (χ0n) is 10.3. The smallest absolute Gasteiger partial charge is 0.407 e. The molecule has 5 heteroatoms. The largest absolute Gasteiger partial charge is 0.444 e. The highest BCUT2D eigenvalue weighted by atomic mass is 35.5. The minimum absolute atomic E-state index is 0. The van der Waals surface area contributed by atoms with Crippen molar-refractivity contribution < 1.29 is 9.53 Å². The van der Waals surface area contributed by atoms with Crippen LogP contribution in [0.4, 0.5) is 4.79 Å². The maximum atomic E-state index is 11.3. The van der Waals surface area contributed by atoms with Crippen LogP contribution in [0.15, 0.2) is 0 Å². The number of carbonyl (C=O) groups is 1. The van der Waals surface area contributed by atoms with E-state index in [0.717, 1.165) is 13.0 Å². The normalized spacial score (nSPS) is 20.8. The van der Waals surface area contributed by atoms with Gasteiger partial charge >= 0.3 is 6.09 Å². The molecular formula is C11H23ClN2O2. The van der Waals surface area contributed by atoms with Crippen LogP contribution in [-0.4, -0.2) is 30.8 Å². The fourth-order valence-electron chi connectivity index (χ4n) is 1.62. The molecule has 1 atom stereocenters. The maximum absolute atomic E-state index is 11.3. The van der Waals surface area contributed by atoms with E-state index in [9.17, 15) is 4.79 Å². The summed E-state index contributed by atoms with van der Waals surface area (Å²) in [6.45, 7) is 7.32. The number of piperidine rings is 1. The van der Waals surface area contributed by atoms with E-state index >= 15 is 0 Å². The molecule has 0 radical (unpaired) electrons. The number of ether oxygens (including phenoxy) is 1. The zero-order chi connectivity index (χ0) is 11.3. The SMILES string of the molecule is CC(C)(C)OC(=O)NC[C@H]1CCCCN1.Cl. The monoisotopic (exact) mass is 250 g/mol. The Kier molecular flexibility index (Phi) is 6.76. The standard InChI is InChI=1S/C11H22N2O2.ClH/c1-11(2,3)15-10(14)13-8-9-6-4-5-7-12-9;/h9,12H,4-8H2,1-3H3,(H,13,14);1H/t9-;/m1./s1. The summed E-state index contributed by atoms with van der Waals surface area (Å²) in [7, 11) is 0. The van der Waals surface area contributed by atoms with Crippen molar-refractivity contribution in [1.29, 1.82) is 0 Å². The fraction of sp³-hybridized carbons (Fsp3) is 0.909. The molecule has 1 amide bonds. The minimum atomic E-state index is -0.413. The Labute approximate surface area is 104 Å². The molecule has 1 saturated heterocycles. The van der Waals surface area contributed by atoms with E-state index in [4.69, 9.17) is 4.74 Å². The lowest BCUT2D eigenvalue weighted by Gasteiger charge is -2.25. The quantitative estimate of drug-likeness (QED) is 0.789. The third-order valence-corrected chi connectivity index (χ3v) is 2.30. The highest BCUT2D eigenvalue weighted by Gasteiger charge is 2.18. The lowest BCUT2D eigenvalue weighted by molar-refractivity contribution is 0.0520. The first-order chi connectivity index (χ1) is 6.97. The summed E-state index contributed by atoms with van der Waals surface area (Å²) in [4.78, 5) is 11.3. The first kappa shape index (κ1) is 15.5. The van der Waals surface area contributed by atoms with Crippen molar-refractivity contribution >= 4 is 18.5 Å². The van der Waals surface area contributed by atoms with Gasteiger partial charge in [-0.2, -0.15) is 0 Å². The van der Waals surface area contributed by atoms with E-state index in [1.165, 1.54) is 12.8 Å². The van der Waals surface area contributed by atoms with Crippen LogP contribution >= 0.6 is 12.4 Å². The molecule has 0 aromatic rings. The number of hydrogen-bond acceptors (Lipinski definition) is 3. The van der Waals surface area contributed by atoms with E-state index in [2.05, 4.69) is 10.6 Å². The Morgan fingerprint density at radius 2 is 2.12 bits per heavy atom. The molecule has 0 bridgehead atoms. The second kappa shape index (κ2) is 6.97. The van der Waals surface area contributed by atoms with Gasteiger partial charge in [-0.05, 0) is 40.2 Å². The van der Waals surface area contributed by atoms with Gasteiger partial charge in [0.25, 0.3) is 0 Å². The molecule has 0 aromatic carbocycles. The molecule has 0 unspecified atom stereocenters. The van der Waals surface area contributed by atoms with Crippen molar-refractivity contribution in [3.8, 4) is 0 Å². The average molecular weight is 251 g/mol. The van der Waals surface area contributed by atoms with E-state index in [-0.39, 0.29) is 18.5 Å². The van der Waals surface area contributed by atoms with Crippen LogP contribution in [0.3, 0.4) is 0 Å². The van der Waals surface area contributed by atoms with Crippen LogP contribution < -0.4 is 10.6 Å². The van der Waals surface area contributed by atoms with Crippen LogP contribution in [0, 0.1) is 0 Å². The Morgan fingerprint density at radius 3 is 2.62 bits per heavy atom. The maximum Gasteiger partial charge on any atom is 0.407 e. The van der Waals surface area contributed by atoms with Crippen LogP contribution in [0.1, 0.15) is 40.0 Å². The summed E-state index contributed by atoms with van der Waals surface area (Å²) in [5.41, 5.74) is -0.413. The Hall–Kier alpha value is -0.480. The first-order valence-electron chi connectivity index (χ1n) is 5.67. The van der Waals surface area contributed by atoms with Gasteiger partial charge in [0.15, 0.2) is 0 Å². The Balaban J connectivity index is 0.00000225. The average Bonchev–Trinajstić information content (AvgIpc) is 2.14. The number of carbonyl (C=O) groups excluding carboxylic acids is 1. The van der Waals surface area contributed by atoms with Crippen molar-refractivity contribution in [3.05, 3.63) is 0 Å². The van der Waals surface area contributed by atoms with Gasteiger partial charge in [-0.3, -0.25) is 0 Å². The molecule has 96 valence electrons. The molecule has 0 saturated carbocycles. The molecule has 0 spiro atoms. The van der Waals surface area contributed by atoms with Crippen molar-refractivity contribution in [2.24, 2.45) is 0 Å². The number of amides is 1. The van der Waals surface area contributed by atoms with E-state index in [1.807, 2.05) is 20.8 Å². The third-order valence-electron chi connectivity index (χ3n) is 2.30. The van der Waals surface area contributed by atoms with Crippen LogP contribution in [0.25, 0.3) is 0 Å². The lowest BCUT2D eigenvalue weighted by atomic mass is 10.1. The second-order valence-electron chi connectivity index (χ2n) is 5.03. The van der Waals surface area contributed by atoms with Gasteiger partial charge in [-0.15, -0.1) is 12.4 Å². The zero-order valence-corrected chi connectivity index (χ0v) is 11.2. The summed E-state index contributed by atoms with van der Waals surface area (Å²) in [6, 6.07) is 0.409. The minimum Gasteiger partial charge on any atom is -0.444 e. The van der Waals surface area contributed by atoms with Crippen molar-refractivity contribution in [2.75, 3.05) is 13.1 Å². The summed E-state index contributed by atoms with van der Waals surface area (Å²) in [5, 5.41) is 6.15. The summed E-state index contributed by atoms with van der Waals surface area (Å²) in [6.07, 6.45) is 3.29. The van der Waals surface area contributed by atoms with Crippen molar-refractivity contribution in [2.45, 2.75) is 51.7 Å². The molecule has 0 aromatic heterocycles. The fourth-order valence-corrected chi connectivity index (χ4v) is 1.62. The summed E-state index contributed by atoms with van der Waals surface area (Å²) < 4.78 is 5.15. The molecule has 0 aliphatic carbocycles. The highest BCUT2D eigenvalue weighted by Crippen LogP contribution is 2.08. The van der Waals surface area contributed by atoms with Gasteiger partial charge < -0.3 is 15.4 Å². The van der Waals surface area contributed by atoms with Crippen LogP contribution in [0.2, 0.25) is 0 Å². The molecule has 1 heterocycles. The summed E-state index contributed by atoms with van der Waals surface area (Å²) in [5.74, 6) is 0. The van der Waals surface area contributed by atoms with Gasteiger partial charge in [0.05, 0.1) is 0 Å². The number of nitrogens with one attached hydrogen (secondary N) is 2. The predicted octanol–water partition coefficient (Wildman–Crippen LogP) is 2.07. The Morgan fingerprint density at radius 1 is 1.44 bits per heavy atom. The second-order valence-corrected chi connectivity index (χ2v) is 5.03. The topological polar surface area (TPSA) is 50.4 Å². The number of alkyl carbamates (subject to hydrolysis) is 1. The van der Waals surface area contributed by atoms with Gasteiger partial charge in [0.2, 0.25) is 0 Å². The molecule has 1 aliphatic rings. The predicted molar refractivity (Wildman–Crippen MR) is 67.1 cm³/mol. The van der Waals surface area contributed by atoms with Gasteiger partial charge in [0, 0.05) is 12.6 Å². The molecular weight excluding hydrogens is 228 g/mol. The highest BCUT2D eigenvalue weighted by molar-refractivity contribution is 5.85. The number of hydrogen-bond donors (Lipinski definition) is 2. The molecule has 4 nitrogen and oxygen atoms in total. The van der Waals surface area contributed by atoms with E-state index in [0.29, 0.717) is 12.6 Å². The van der Waals surface area contributed by atoms with E-state index in [1.54, 1.807) is 0 Å². The Bertz CT molecular complexity index is 211. The number of halogens is 1. The van der Waals surface area contributed by atoms with Gasteiger partial charge in [-0.1, -0.05) is 6.42 Å². The molecule has 1 aliphatic heterocycles. The van der Waals surface area contributed by atoms with Crippen molar-refractivity contribution in [1.82, 2.24) is 10.6 Å². The van der Waals surface area contributed by atoms with Crippen LogP contribution in [-0.2, 0) is 4.74 Å². The molecule has 1 fully saturated rings. The molecule has 1 rings (SSSR count). The van der Waals surface area contributed by atoms with Crippen molar-refractivity contribution in [3.63, 3.8) is 0 Å². The molecule has 2 N–H and O–H groups in total. The third kappa shape index (κ3) is 6.90. The number of rotatable bonds is 2. The van der Waals surface area contributed by atoms with E-state index < -0.39 is 5.60 Å². The lowest BCUT2D eigenvalue weighted by Crippen LogP contribution is -2.44. The van der Waals surface area contributed by atoms with Gasteiger partial charge in [0.1, 0.15) is 5.60 Å². The summed E-state index contributed by atoms with van der Waals surface area (Å²) >= 11 is 0. The molecule has 16 heavy (non-hydrogen) atoms. The van der Waals surface area contributed by atoms with Gasteiger partial charge in [-0.25, -0.2) is 4.79 Å².